The lowest BCUT2D eigenvalue weighted by molar-refractivity contribution is 0.0984. The first kappa shape index (κ1) is 21.1. The van der Waals surface area contributed by atoms with Crippen LogP contribution in [0.15, 0.2) is 54.6 Å². The third-order valence-corrected chi connectivity index (χ3v) is 5.93. The molecule has 0 unspecified atom stereocenters. The van der Waals surface area contributed by atoms with Crippen LogP contribution in [-0.2, 0) is 6.42 Å². The number of anilines is 2. The fourth-order valence-corrected chi connectivity index (χ4v) is 4.48. The smallest absolute Gasteiger partial charge is 0.258 e. The standard InChI is InChI=1S/C26H25ClN2O2/c1-16-12-17(2)24(18(3)13-16)28-25(30)20-9-10-23-19(14-20)7-5-11-29(23)26(31)21-6-4-8-22(27)15-21/h4,6,8-10,12-15H,5,7,11H2,1-3H3,(H,28,30). The third-order valence-electron chi connectivity index (χ3n) is 5.69. The SMILES string of the molecule is Cc1cc(C)c(NC(=O)c2ccc3c(c2)CCCN3C(=O)c2cccc(Cl)c2)c(C)c1. The second-order valence-electron chi connectivity index (χ2n) is 8.14. The summed E-state index contributed by atoms with van der Waals surface area (Å²) in [5.74, 6) is -0.220. The second kappa shape index (κ2) is 8.56. The summed E-state index contributed by atoms with van der Waals surface area (Å²) < 4.78 is 0. The summed E-state index contributed by atoms with van der Waals surface area (Å²) in [7, 11) is 0. The zero-order valence-electron chi connectivity index (χ0n) is 18.0. The van der Waals surface area contributed by atoms with Crippen LogP contribution >= 0.6 is 11.6 Å². The Labute approximate surface area is 187 Å². The van der Waals surface area contributed by atoms with Crippen LogP contribution in [-0.4, -0.2) is 18.4 Å². The molecule has 3 aromatic rings. The Hall–Kier alpha value is -3.11. The number of carbonyl (C=O) groups excluding carboxylic acids is 2. The lowest BCUT2D eigenvalue weighted by atomic mass is 9.97. The van der Waals surface area contributed by atoms with Crippen molar-refractivity contribution in [2.24, 2.45) is 0 Å². The maximum Gasteiger partial charge on any atom is 0.258 e. The van der Waals surface area contributed by atoms with Gasteiger partial charge in [-0.2, -0.15) is 0 Å². The van der Waals surface area contributed by atoms with Crippen LogP contribution in [0, 0.1) is 20.8 Å². The van der Waals surface area contributed by atoms with Gasteiger partial charge in [-0.3, -0.25) is 9.59 Å². The second-order valence-corrected chi connectivity index (χ2v) is 8.58. The summed E-state index contributed by atoms with van der Waals surface area (Å²) in [4.78, 5) is 27.8. The predicted octanol–water partition coefficient (Wildman–Crippen LogP) is 6.11. The highest BCUT2D eigenvalue weighted by atomic mass is 35.5. The van der Waals surface area contributed by atoms with E-state index in [1.165, 1.54) is 5.56 Å². The normalized spacial score (nSPS) is 13.0. The average Bonchev–Trinajstić information content (AvgIpc) is 2.74. The van der Waals surface area contributed by atoms with Gasteiger partial charge >= 0.3 is 0 Å². The number of carbonyl (C=O) groups is 2. The topological polar surface area (TPSA) is 49.4 Å². The molecule has 0 fully saturated rings. The zero-order chi connectivity index (χ0) is 22.1. The van der Waals surface area contributed by atoms with E-state index in [0.29, 0.717) is 22.7 Å². The zero-order valence-corrected chi connectivity index (χ0v) is 18.7. The van der Waals surface area contributed by atoms with Crippen molar-refractivity contribution in [2.45, 2.75) is 33.6 Å². The van der Waals surface area contributed by atoms with E-state index in [-0.39, 0.29) is 11.8 Å². The van der Waals surface area contributed by atoms with Gasteiger partial charge in [-0.25, -0.2) is 0 Å². The van der Waals surface area contributed by atoms with Crippen LogP contribution in [0.5, 0.6) is 0 Å². The van der Waals surface area contributed by atoms with Crippen molar-refractivity contribution in [3.05, 3.63) is 93.0 Å². The van der Waals surface area contributed by atoms with E-state index in [1.54, 1.807) is 35.2 Å². The van der Waals surface area contributed by atoms with Crippen molar-refractivity contribution in [3.8, 4) is 0 Å². The molecule has 4 nitrogen and oxygen atoms in total. The monoisotopic (exact) mass is 432 g/mol. The van der Waals surface area contributed by atoms with E-state index >= 15 is 0 Å². The predicted molar refractivity (Wildman–Crippen MR) is 126 cm³/mol. The quantitative estimate of drug-likeness (QED) is 0.542. The number of halogens is 1. The van der Waals surface area contributed by atoms with Gasteiger partial charge in [0, 0.05) is 34.1 Å². The van der Waals surface area contributed by atoms with E-state index in [1.807, 2.05) is 32.9 Å². The van der Waals surface area contributed by atoms with Crippen molar-refractivity contribution in [3.63, 3.8) is 0 Å². The van der Waals surface area contributed by atoms with Crippen LogP contribution in [0.4, 0.5) is 11.4 Å². The van der Waals surface area contributed by atoms with Crippen molar-refractivity contribution in [1.82, 2.24) is 0 Å². The van der Waals surface area contributed by atoms with E-state index in [4.69, 9.17) is 11.6 Å². The Morgan fingerprint density at radius 3 is 2.39 bits per heavy atom. The number of hydrogen-bond acceptors (Lipinski definition) is 2. The molecule has 1 aliphatic rings. The molecule has 1 N–H and O–H groups in total. The maximum absolute atomic E-state index is 13.1. The number of benzene rings is 3. The molecule has 0 aromatic heterocycles. The van der Waals surface area contributed by atoms with Crippen molar-refractivity contribution in [2.75, 3.05) is 16.8 Å². The minimum Gasteiger partial charge on any atom is -0.322 e. The molecule has 0 atom stereocenters. The number of nitrogens with one attached hydrogen (secondary N) is 1. The molecule has 31 heavy (non-hydrogen) atoms. The molecule has 158 valence electrons. The molecule has 0 saturated carbocycles. The molecule has 0 spiro atoms. The van der Waals surface area contributed by atoms with E-state index in [2.05, 4.69) is 17.4 Å². The van der Waals surface area contributed by atoms with Crippen molar-refractivity contribution in [1.29, 1.82) is 0 Å². The Balaban J connectivity index is 1.60. The molecular formula is C26H25ClN2O2. The number of hydrogen-bond donors (Lipinski definition) is 1. The fraction of sp³-hybridized carbons (Fsp3) is 0.231. The van der Waals surface area contributed by atoms with Crippen LogP contribution in [0.2, 0.25) is 5.02 Å². The minimum atomic E-state index is -0.142. The Morgan fingerprint density at radius 1 is 0.935 bits per heavy atom. The summed E-state index contributed by atoms with van der Waals surface area (Å²) >= 11 is 6.07. The van der Waals surface area contributed by atoms with Gasteiger partial charge in [-0.05, 0) is 86.7 Å². The summed E-state index contributed by atoms with van der Waals surface area (Å²) in [5, 5.41) is 3.60. The van der Waals surface area contributed by atoms with Gasteiger partial charge in [0.15, 0.2) is 0 Å². The van der Waals surface area contributed by atoms with E-state index in [9.17, 15) is 9.59 Å². The molecule has 0 aliphatic carbocycles. The molecule has 0 bridgehead atoms. The van der Waals surface area contributed by atoms with Crippen LogP contribution in [0.1, 0.15) is 49.4 Å². The third kappa shape index (κ3) is 4.35. The molecule has 0 saturated heterocycles. The van der Waals surface area contributed by atoms with Gasteiger partial charge in [0.2, 0.25) is 0 Å². The summed E-state index contributed by atoms with van der Waals surface area (Å²) in [6, 6.07) is 16.7. The first-order valence-electron chi connectivity index (χ1n) is 10.4. The Morgan fingerprint density at radius 2 is 1.68 bits per heavy atom. The number of amides is 2. The largest absolute Gasteiger partial charge is 0.322 e. The molecule has 4 rings (SSSR count). The number of aryl methyl sites for hydroxylation is 4. The highest BCUT2D eigenvalue weighted by molar-refractivity contribution is 6.31. The average molecular weight is 433 g/mol. The van der Waals surface area contributed by atoms with Gasteiger partial charge in [0.1, 0.15) is 0 Å². The lowest BCUT2D eigenvalue weighted by Gasteiger charge is -2.30. The fourth-order valence-electron chi connectivity index (χ4n) is 4.29. The summed E-state index contributed by atoms with van der Waals surface area (Å²) in [6.45, 7) is 6.70. The van der Waals surface area contributed by atoms with Gasteiger partial charge in [-0.15, -0.1) is 0 Å². The van der Waals surface area contributed by atoms with Gasteiger partial charge in [0.25, 0.3) is 11.8 Å². The Kier molecular flexibility index (Phi) is 5.84. The van der Waals surface area contributed by atoms with E-state index in [0.717, 1.165) is 40.9 Å². The maximum atomic E-state index is 13.1. The number of nitrogens with zero attached hydrogens (tertiary/aromatic N) is 1. The van der Waals surface area contributed by atoms with Crippen molar-refractivity contribution >= 4 is 34.8 Å². The summed E-state index contributed by atoms with van der Waals surface area (Å²) in [6.07, 6.45) is 1.68. The van der Waals surface area contributed by atoms with Gasteiger partial charge < -0.3 is 10.2 Å². The minimum absolute atomic E-state index is 0.0773. The molecule has 3 aromatic carbocycles. The molecule has 2 amide bonds. The Bertz CT molecular complexity index is 1160. The first-order chi connectivity index (χ1) is 14.8. The molecule has 0 radical (unpaired) electrons. The van der Waals surface area contributed by atoms with Crippen molar-refractivity contribution < 1.29 is 9.59 Å². The highest BCUT2D eigenvalue weighted by Gasteiger charge is 2.25. The molecule has 1 aliphatic heterocycles. The van der Waals surface area contributed by atoms with Crippen LogP contribution in [0.25, 0.3) is 0 Å². The van der Waals surface area contributed by atoms with Gasteiger partial charge in [0.05, 0.1) is 0 Å². The lowest BCUT2D eigenvalue weighted by Crippen LogP contribution is -2.35. The molecule has 5 heteroatoms. The van der Waals surface area contributed by atoms with Crippen LogP contribution in [0.3, 0.4) is 0 Å². The highest BCUT2D eigenvalue weighted by Crippen LogP contribution is 2.30. The number of rotatable bonds is 3. The molecular weight excluding hydrogens is 408 g/mol. The number of fused-ring (bicyclic) bond motifs is 1. The van der Waals surface area contributed by atoms with Crippen LogP contribution < -0.4 is 10.2 Å². The van der Waals surface area contributed by atoms with E-state index < -0.39 is 0 Å². The summed E-state index contributed by atoms with van der Waals surface area (Å²) in [5.41, 5.74) is 7.13. The van der Waals surface area contributed by atoms with Gasteiger partial charge in [-0.1, -0.05) is 35.4 Å². The molecule has 1 heterocycles. The first-order valence-corrected chi connectivity index (χ1v) is 10.8.